The van der Waals surface area contributed by atoms with Gasteiger partial charge in [-0.2, -0.15) is 0 Å². The number of sulfonamides is 1. The number of nitrogens with zero attached hydrogens (tertiary/aromatic N) is 1. The van der Waals surface area contributed by atoms with Crippen molar-refractivity contribution in [1.82, 2.24) is 9.62 Å². The molecule has 29 heavy (non-hydrogen) atoms. The monoisotopic (exact) mass is 492 g/mol. The minimum atomic E-state index is -4.11. The number of nitrogens with one attached hydrogen (secondary N) is 1. The quantitative estimate of drug-likeness (QED) is 0.390. The fourth-order valence-electron chi connectivity index (χ4n) is 2.64. The van der Waals surface area contributed by atoms with E-state index >= 15 is 0 Å². The van der Waals surface area contributed by atoms with Gasteiger partial charge in [0.1, 0.15) is 16.8 Å². The van der Waals surface area contributed by atoms with Crippen LogP contribution in [-0.4, -0.2) is 40.2 Å². The SMILES string of the molecule is Cc1ccc(S[C@@H](NC(=O)CN2C(=O)c3ccccc3S2(=O)=O)C(Cl)(Cl)Cl)cc1. The first-order chi connectivity index (χ1) is 13.5. The molecule has 1 heterocycles. The molecular formula is C18H15Cl3N2O4S2. The van der Waals surface area contributed by atoms with Gasteiger partial charge in [0, 0.05) is 4.90 Å². The van der Waals surface area contributed by atoms with Crippen LogP contribution in [0.25, 0.3) is 0 Å². The molecule has 0 saturated carbocycles. The highest BCUT2D eigenvalue weighted by Gasteiger charge is 2.43. The Kier molecular flexibility index (Phi) is 6.41. The molecule has 11 heteroatoms. The molecule has 1 atom stereocenters. The molecule has 2 aromatic carbocycles. The fraction of sp³-hybridized carbons (Fsp3) is 0.222. The van der Waals surface area contributed by atoms with E-state index in [1.54, 1.807) is 18.2 Å². The topological polar surface area (TPSA) is 83.6 Å². The second kappa shape index (κ2) is 8.35. The van der Waals surface area contributed by atoms with Crippen LogP contribution in [-0.2, 0) is 14.8 Å². The molecule has 0 aliphatic carbocycles. The Balaban J connectivity index is 1.76. The van der Waals surface area contributed by atoms with E-state index in [-0.39, 0.29) is 10.5 Å². The summed E-state index contributed by atoms with van der Waals surface area (Å²) in [6.45, 7) is 1.20. The first-order valence-corrected chi connectivity index (χ1v) is 11.7. The zero-order chi connectivity index (χ0) is 21.4. The van der Waals surface area contributed by atoms with Crippen LogP contribution < -0.4 is 5.32 Å². The minimum absolute atomic E-state index is 0.0206. The zero-order valence-electron chi connectivity index (χ0n) is 14.9. The van der Waals surface area contributed by atoms with E-state index in [2.05, 4.69) is 5.32 Å². The van der Waals surface area contributed by atoms with Crippen molar-refractivity contribution >= 4 is 68.4 Å². The summed E-state index contributed by atoms with van der Waals surface area (Å²) in [7, 11) is -4.11. The molecule has 2 aromatic rings. The van der Waals surface area contributed by atoms with Gasteiger partial charge >= 0.3 is 0 Å². The third kappa shape index (κ3) is 4.83. The van der Waals surface area contributed by atoms with Gasteiger partial charge in [-0.05, 0) is 31.2 Å². The Morgan fingerprint density at radius 1 is 1.14 bits per heavy atom. The minimum Gasteiger partial charge on any atom is -0.338 e. The third-order valence-electron chi connectivity index (χ3n) is 4.06. The average molecular weight is 494 g/mol. The lowest BCUT2D eigenvalue weighted by molar-refractivity contribution is -0.121. The predicted molar refractivity (Wildman–Crippen MR) is 114 cm³/mol. The van der Waals surface area contributed by atoms with Gasteiger partial charge in [0.2, 0.25) is 9.70 Å². The summed E-state index contributed by atoms with van der Waals surface area (Å²) in [6.07, 6.45) is 0. The highest BCUT2D eigenvalue weighted by Crippen LogP contribution is 2.39. The number of hydrogen-bond acceptors (Lipinski definition) is 5. The summed E-state index contributed by atoms with van der Waals surface area (Å²) in [5.41, 5.74) is 1.06. The lowest BCUT2D eigenvalue weighted by atomic mass is 10.2. The molecule has 0 spiro atoms. The zero-order valence-corrected chi connectivity index (χ0v) is 18.8. The van der Waals surface area contributed by atoms with Crippen LogP contribution in [0.4, 0.5) is 0 Å². The van der Waals surface area contributed by atoms with Crippen molar-refractivity contribution in [3.8, 4) is 0 Å². The van der Waals surface area contributed by atoms with Crippen LogP contribution in [0.15, 0.2) is 58.3 Å². The van der Waals surface area contributed by atoms with Crippen LogP contribution >= 0.6 is 46.6 Å². The van der Waals surface area contributed by atoms with E-state index < -0.39 is 37.5 Å². The molecule has 2 amide bonds. The Hall–Kier alpha value is -1.45. The molecule has 6 nitrogen and oxygen atoms in total. The standard InChI is InChI=1S/C18H15Cl3N2O4S2/c1-11-6-8-12(9-7-11)28-17(18(19,20)21)22-15(24)10-23-16(25)13-4-2-3-5-14(13)29(23,26)27/h2-9,17H,10H2,1H3,(H,22,24)/t17-/m1/s1. The lowest BCUT2D eigenvalue weighted by Crippen LogP contribution is -2.47. The second-order valence-corrected chi connectivity index (χ2v) is 11.6. The normalized spacial score (nSPS) is 16.4. The van der Waals surface area contributed by atoms with E-state index in [0.29, 0.717) is 4.31 Å². The molecule has 154 valence electrons. The molecule has 0 fully saturated rings. The van der Waals surface area contributed by atoms with Gasteiger partial charge in [0.05, 0.1) is 5.56 Å². The smallest absolute Gasteiger partial charge is 0.269 e. The Morgan fingerprint density at radius 3 is 2.34 bits per heavy atom. The van der Waals surface area contributed by atoms with Gasteiger partial charge in [-0.3, -0.25) is 9.59 Å². The van der Waals surface area contributed by atoms with Crippen molar-refractivity contribution in [3.05, 3.63) is 59.7 Å². The molecule has 0 unspecified atom stereocenters. The van der Waals surface area contributed by atoms with Crippen molar-refractivity contribution < 1.29 is 18.0 Å². The van der Waals surface area contributed by atoms with Crippen molar-refractivity contribution in [1.29, 1.82) is 0 Å². The number of hydrogen-bond donors (Lipinski definition) is 1. The fourth-order valence-corrected chi connectivity index (χ4v) is 5.62. The first-order valence-electron chi connectivity index (χ1n) is 8.25. The molecule has 1 aliphatic rings. The number of benzene rings is 2. The van der Waals surface area contributed by atoms with Crippen LogP contribution in [0.5, 0.6) is 0 Å². The summed E-state index contributed by atoms with van der Waals surface area (Å²) >= 11 is 19.1. The number of alkyl halides is 3. The Labute approximate surface area is 187 Å². The van der Waals surface area contributed by atoms with Crippen LogP contribution in [0, 0.1) is 6.92 Å². The molecule has 0 aromatic heterocycles. The van der Waals surface area contributed by atoms with Gasteiger partial charge in [-0.15, -0.1) is 0 Å². The lowest BCUT2D eigenvalue weighted by Gasteiger charge is -2.26. The molecule has 1 N–H and O–H groups in total. The van der Waals surface area contributed by atoms with Gasteiger partial charge < -0.3 is 5.32 Å². The molecule has 0 saturated heterocycles. The van der Waals surface area contributed by atoms with Crippen molar-refractivity contribution in [2.75, 3.05) is 6.54 Å². The second-order valence-electron chi connectivity index (χ2n) is 6.23. The van der Waals surface area contributed by atoms with E-state index in [0.717, 1.165) is 22.2 Å². The van der Waals surface area contributed by atoms with Crippen molar-refractivity contribution in [2.45, 2.75) is 25.9 Å². The Bertz CT molecular complexity index is 1050. The highest BCUT2D eigenvalue weighted by molar-refractivity contribution is 8.00. The number of halogens is 3. The van der Waals surface area contributed by atoms with Crippen LogP contribution in [0.2, 0.25) is 0 Å². The van der Waals surface area contributed by atoms with E-state index in [4.69, 9.17) is 34.8 Å². The molecule has 0 bridgehead atoms. The van der Waals surface area contributed by atoms with Gasteiger partial charge in [0.25, 0.3) is 15.9 Å². The number of aryl methyl sites for hydroxylation is 1. The number of amides is 2. The van der Waals surface area contributed by atoms with Crippen LogP contribution in [0.1, 0.15) is 15.9 Å². The molecule has 1 aliphatic heterocycles. The van der Waals surface area contributed by atoms with Gasteiger partial charge in [-0.25, -0.2) is 12.7 Å². The summed E-state index contributed by atoms with van der Waals surface area (Å²) in [5, 5.41) is 1.49. The average Bonchev–Trinajstić information content (AvgIpc) is 2.83. The van der Waals surface area contributed by atoms with Gasteiger partial charge in [-0.1, -0.05) is 76.4 Å². The number of carbonyl (C=O) groups excluding carboxylic acids is 2. The largest absolute Gasteiger partial charge is 0.338 e. The van der Waals surface area contributed by atoms with E-state index in [1.807, 2.05) is 19.1 Å². The number of thioether (sulfide) groups is 1. The molecular weight excluding hydrogens is 479 g/mol. The summed E-state index contributed by atoms with van der Waals surface area (Å²) in [5.74, 6) is -1.54. The number of fused-ring (bicyclic) bond motifs is 1. The highest BCUT2D eigenvalue weighted by atomic mass is 35.6. The maximum atomic E-state index is 12.6. The van der Waals surface area contributed by atoms with Gasteiger partial charge in [0.15, 0.2) is 0 Å². The molecule has 0 radical (unpaired) electrons. The van der Waals surface area contributed by atoms with Crippen molar-refractivity contribution in [3.63, 3.8) is 0 Å². The maximum Gasteiger partial charge on any atom is 0.269 e. The summed E-state index contributed by atoms with van der Waals surface area (Å²) in [6, 6.07) is 13.1. The Morgan fingerprint density at radius 2 is 1.76 bits per heavy atom. The van der Waals surface area contributed by atoms with E-state index in [1.165, 1.54) is 18.2 Å². The maximum absolute atomic E-state index is 12.6. The number of rotatable bonds is 5. The molecule has 3 rings (SSSR count). The summed E-state index contributed by atoms with van der Waals surface area (Å²) in [4.78, 5) is 25.6. The third-order valence-corrected chi connectivity index (χ3v) is 8.14. The summed E-state index contributed by atoms with van der Waals surface area (Å²) < 4.78 is 23.8. The predicted octanol–water partition coefficient (Wildman–Crippen LogP) is 3.74. The van der Waals surface area contributed by atoms with Crippen molar-refractivity contribution in [2.24, 2.45) is 0 Å². The van der Waals surface area contributed by atoms with E-state index in [9.17, 15) is 18.0 Å². The van der Waals surface area contributed by atoms with Crippen LogP contribution in [0.3, 0.4) is 0 Å². The number of carbonyl (C=O) groups is 2. The first kappa shape index (κ1) is 22.2.